The monoisotopic (exact) mass is 500 g/mol. The molecule has 0 fully saturated rings. The molecule has 2 aromatic carbocycles. The molecule has 32 heavy (non-hydrogen) atoms. The highest BCUT2D eigenvalue weighted by molar-refractivity contribution is 5.26. The number of rotatable bonds is 9. The number of aliphatic hydroxyl groups is 2. The van der Waals surface area contributed by atoms with E-state index in [0.29, 0.717) is 0 Å². The summed E-state index contributed by atoms with van der Waals surface area (Å²) in [4.78, 5) is 0. The Morgan fingerprint density at radius 2 is 0.781 bits per heavy atom. The lowest BCUT2D eigenvalue weighted by Crippen LogP contribution is -2.93. The van der Waals surface area contributed by atoms with Crippen molar-refractivity contribution in [3.8, 4) is 0 Å². The molecule has 0 atom stereocenters. The third kappa shape index (κ3) is 19.2. The van der Waals surface area contributed by atoms with Crippen LogP contribution in [0, 0.1) is 20.5 Å². The average molecular weight is 501 g/mol. The zero-order chi connectivity index (χ0) is 24.6. The molecule has 0 aliphatic carbocycles. The van der Waals surface area contributed by atoms with Gasteiger partial charge in [-0.1, -0.05) is 48.5 Å². The molecule has 0 aromatic heterocycles. The highest BCUT2D eigenvalue weighted by atomic mass is 35.7. The van der Waals surface area contributed by atoms with Crippen molar-refractivity contribution in [2.45, 2.75) is 26.3 Å². The molecular weight excluding hydrogens is 475 g/mol. The number of benzene rings is 2. The molecule has 0 aliphatic rings. The molecule has 6 N–H and O–H groups in total. The topological polar surface area (TPSA) is 258 Å². The summed E-state index contributed by atoms with van der Waals surface area (Å²) in [6, 6.07) is 16.0. The SMILES string of the molecule is OCc1ccccc1C[NH2+]CC[NH2+]Cc1ccccc1CO.[O-][Cl+3]([O-])([O-])[O-].[O-][Cl+3]([O-])([O-])[O-]. The van der Waals surface area contributed by atoms with E-state index in [0.717, 1.165) is 37.3 Å². The van der Waals surface area contributed by atoms with E-state index in [1.165, 1.54) is 11.1 Å². The predicted molar refractivity (Wildman–Crippen MR) is 85.7 cm³/mol. The van der Waals surface area contributed by atoms with Gasteiger partial charge in [-0.3, -0.25) is 0 Å². The van der Waals surface area contributed by atoms with Crippen molar-refractivity contribution in [3.63, 3.8) is 0 Å². The van der Waals surface area contributed by atoms with Crippen LogP contribution in [-0.2, 0) is 26.3 Å². The van der Waals surface area contributed by atoms with Crippen LogP contribution in [0.25, 0.3) is 0 Å². The molecule has 0 radical (unpaired) electrons. The van der Waals surface area contributed by atoms with Crippen molar-refractivity contribution in [2.24, 2.45) is 0 Å². The Hall–Kier alpha value is -1.46. The quantitative estimate of drug-likeness (QED) is 0.236. The first-order valence-corrected chi connectivity index (χ1v) is 11.5. The summed E-state index contributed by atoms with van der Waals surface area (Å²) in [6.45, 7) is 4.07. The van der Waals surface area contributed by atoms with Crippen LogP contribution >= 0.6 is 0 Å². The fraction of sp³-hybridized carbons (Fsp3) is 0.333. The average Bonchev–Trinajstić information content (AvgIpc) is 2.68. The van der Waals surface area contributed by atoms with Gasteiger partial charge in [-0.05, 0) is 11.1 Å². The minimum absolute atomic E-state index is 0.105. The number of hydrogen-bond donors (Lipinski definition) is 4. The van der Waals surface area contributed by atoms with Gasteiger partial charge < -0.3 is 20.8 Å². The van der Waals surface area contributed by atoms with Crippen LogP contribution in [0.1, 0.15) is 22.3 Å². The van der Waals surface area contributed by atoms with E-state index in [1.54, 1.807) is 0 Å². The van der Waals surface area contributed by atoms with E-state index >= 15 is 0 Å². The van der Waals surface area contributed by atoms with Gasteiger partial charge in [0.15, 0.2) is 0 Å². The zero-order valence-electron chi connectivity index (χ0n) is 16.9. The van der Waals surface area contributed by atoms with E-state index < -0.39 is 20.5 Å². The van der Waals surface area contributed by atoms with Crippen molar-refractivity contribution in [3.05, 3.63) is 70.8 Å². The lowest BCUT2D eigenvalue weighted by Gasteiger charge is -2.17. The van der Waals surface area contributed by atoms with Gasteiger partial charge >= 0.3 is 0 Å². The van der Waals surface area contributed by atoms with Gasteiger partial charge in [0.05, 0.1) is 13.2 Å². The largest absolute Gasteiger partial charge is 0.392 e. The van der Waals surface area contributed by atoms with Crippen molar-refractivity contribution in [2.75, 3.05) is 13.1 Å². The summed E-state index contributed by atoms with van der Waals surface area (Å²) >= 11 is 0. The van der Waals surface area contributed by atoms with Gasteiger partial charge in [0, 0.05) is 11.1 Å². The lowest BCUT2D eigenvalue weighted by atomic mass is 10.1. The maximum absolute atomic E-state index is 9.29. The van der Waals surface area contributed by atoms with Crippen LogP contribution in [0.4, 0.5) is 0 Å². The van der Waals surface area contributed by atoms with Gasteiger partial charge in [-0.15, -0.1) is 20.5 Å². The maximum Gasteiger partial charge on any atom is 0.125 e. The summed E-state index contributed by atoms with van der Waals surface area (Å²) in [5.74, 6) is 0. The molecule has 0 bridgehead atoms. The summed E-state index contributed by atoms with van der Waals surface area (Å²) in [5.41, 5.74) is 4.44. The van der Waals surface area contributed by atoms with Gasteiger partial charge in [0.2, 0.25) is 0 Å². The first-order valence-electron chi connectivity index (χ1n) is 9.07. The summed E-state index contributed by atoms with van der Waals surface area (Å²) in [6.07, 6.45) is 0. The molecule has 0 saturated heterocycles. The molecule has 2 aromatic rings. The van der Waals surface area contributed by atoms with Crippen LogP contribution in [0.2, 0.25) is 0 Å². The number of hydrogen-bond acceptors (Lipinski definition) is 10. The second kappa shape index (κ2) is 16.2. The van der Waals surface area contributed by atoms with Crippen LogP contribution in [0.15, 0.2) is 48.5 Å². The second-order valence-corrected chi connectivity index (χ2v) is 7.68. The smallest absolute Gasteiger partial charge is 0.125 e. The van der Waals surface area contributed by atoms with E-state index in [4.69, 9.17) is 37.3 Å². The molecule has 0 heterocycles. The number of nitrogens with two attached hydrogens (primary N) is 2. The molecule has 0 spiro atoms. The Balaban J connectivity index is 0.000000805. The Morgan fingerprint density at radius 1 is 0.531 bits per heavy atom. The molecule has 0 unspecified atom stereocenters. The van der Waals surface area contributed by atoms with Gasteiger partial charge in [0.1, 0.15) is 26.2 Å². The number of aliphatic hydroxyl groups excluding tert-OH is 2. The van der Waals surface area contributed by atoms with Crippen molar-refractivity contribution in [1.82, 2.24) is 0 Å². The fourth-order valence-electron chi connectivity index (χ4n) is 2.57. The van der Waals surface area contributed by atoms with E-state index in [1.807, 2.05) is 36.4 Å². The van der Waals surface area contributed by atoms with E-state index in [-0.39, 0.29) is 13.2 Å². The molecule has 12 nitrogen and oxygen atoms in total. The molecule has 182 valence electrons. The van der Waals surface area contributed by atoms with Gasteiger partial charge in [0.25, 0.3) is 0 Å². The first kappa shape index (κ1) is 30.5. The molecular formula is C18H26Cl2N2O10. The Morgan fingerprint density at radius 3 is 1.03 bits per heavy atom. The lowest BCUT2D eigenvalue weighted by molar-refractivity contribution is -2.00. The van der Waals surface area contributed by atoms with E-state index in [9.17, 15) is 10.2 Å². The Bertz CT molecular complexity index is 682. The summed E-state index contributed by atoms with van der Waals surface area (Å²) in [7, 11) is -9.89. The molecule has 0 amide bonds. The minimum atomic E-state index is -4.94. The zero-order valence-corrected chi connectivity index (χ0v) is 18.4. The Labute approximate surface area is 189 Å². The molecule has 0 saturated carbocycles. The predicted octanol–water partition coefficient (Wildman–Crippen LogP) is -10.0. The third-order valence-electron chi connectivity index (χ3n) is 3.88. The minimum Gasteiger partial charge on any atom is -0.392 e. The van der Waals surface area contributed by atoms with Gasteiger partial charge in [-0.25, -0.2) is 37.3 Å². The summed E-state index contributed by atoms with van der Waals surface area (Å²) in [5, 5.41) is 23.1. The first-order chi connectivity index (χ1) is 14.8. The highest BCUT2D eigenvalue weighted by Crippen LogP contribution is 2.07. The molecule has 0 aliphatic heterocycles. The van der Waals surface area contributed by atoms with Crippen molar-refractivity contribution < 1.29 is 78.6 Å². The summed E-state index contributed by atoms with van der Waals surface area (Å²) < 4.78 is 67.9. The standard InChI is InChI=1S/C18H24N2O2.2ClHO4/c21-13-17-7-3-1-5-15(17)11-19-9-10-20-12-16-6-2-4-8-18(16)14-22;2*2-1(3,4)5/h1-8,19-22H,9-14H2;2*(H,2,3,4,5). The van der Waals surface area contributed by atoms with Crippen molar-refractivity contribution >= 4 is 0 Å². The molecule has 14 heteroatoms. The third-order valence-corrected chi connectivity index (χ3v) is 3.88. The second-order valence-electron chi connectivity index (χ2n) is 6.17. The maximum atomic E-state index is 9.29. The van der Waals surface area contributed by atoms with Crippen molar-refractivity contribution in [1.29, 1.82) is 0 Å². The van der Waals surface area contributed by atoms with Gasteiger partial charge in [-0.2, -0.15) is 0 Å². The van der Waals surface area contributed by atoms with Crippen LogP contribution in [-0.4, -0.2) is 23.3 Å². The van der Waals surface area contributed by atoms with Crippen LogP contribution in [0.3, 0.4) is 0 Å². The fourth-order valence-corrected chi connectivity index (χ4v) is 2.57. The highest BCUT2D eigenvalue weighted by Gasteiger charge is 2.04. The Kier molecular flexibility index (Phi) is 15.5. The number of halogens is 2. The number of quaternary nitrogens is 2. The van der Waals surface area contributed by atoms with E-state index in [2.05, 4.69) is 22.8 Å². The van der Waals surface area contributed by atoms with Crippen LogP contribution < -0.4 is 47.9 Å². The molecule has 2 rings (SSSR count). The van der Waals surface area contributed by atoms with Crippen LogP contribution in [0.5, 0.6) is 0 Å². The normalized spacial score (nSPS) is 11.2.